The van der Waals surface area contributed by atoms with Gasteiger partial charge in [0.1, 0.15) is 6.10 Å². The number of hydrogen-bond donors (Lipinski definition) is 0. The molecule has 0 spiro atoms. The van der Waals surface area contributed by atoms with Crippen molar-refractivity contribution in [2.24, 2.45) is 0 Å². The summed E-state index contributed by atoms with van der Waals surface area (Å²) in [6.07, 6.45) is 0.212. The van der Waals surface area contributed by atoms with Crippen molar-refractivity contribution in [3.63, 3.8) is 0 Å². The summed E-state index contributed by atoms with van der Waals surface area (Å²) in [7, 11) is 0. The summed E-state index contributed by atoms with van der Waals surface area (Å²) >= 11 is 0. The lowest BCUT2D eigenvalue weighted by molar-refractivity contribution is -0.148. The summed E-state index contributed by atoms with van der Waals surface area (Å²) < 4.78 is 5.29. The van der Waals surface area contributed by atoms with E-state index in [1.165, 1.54) is 11.1 Å². The van der Waals surface area contributed by atoms with Crippen molar-refractivity contribution in [3.8, 4) is 11.1 Å². The number of benzene rings is 2. The molecule has 0 amide bonds. The molecule has 0 N–H and O–H groups in total. The van der Waals surface area contributed by atoms with Crippen molar-refractivity contribution in [2.75, 3.05) is 0 Å². The second kappa shape index (κ2) is 6.19. The third-order valence-corrected chi connectivity index (χ3v) is 3.08. The van der Waals surface area contributed by atoms with Crippen LogP contribution in [0.4, 0.5) is 0 Å². The number of carbonyl (C=O) groups excluding carboxylic acids is 1. The van der Waals surface area contributed by atoms with E-state index >= 15 is 0 Å². The smallest absolute Gasteiger partial charge is 0.306 e. The fraction of sp³-hybridized carbons (Fsp3) is 0.235. The molecule has 2 aromatic carbocycles. The molecule has 1 atom stereocenters. The van der Waals surface area contributed by atoms with E-state index in [0.717, 1.165) is 5.56 Å². The molecule has 98 valence electrons. The standard InChI is InChI=1S/C17H18O2/c1-3-17(18)19-13(2)14-9-11-16(12-10-14)15-7-5-4-6-8-15/h4-13H,3H2,1-2H3. The zero-order chi connectivity index (χ0) is 13.7. The molecular weight excluding hydrogens is 236 g/mol. The zero-order valence-electron chi connectivity index (χ0n) is 11.3. The van der Waals surface area contributed by atoms with Crippen molar-refractivity contribution in [2.45, 2.75) is 26.4 Å². The number of hydrogen-bond acceptors (Lipinski definition) is 2. The van der Waals surface area contributed by atoms with Crippen LogP contribution < -0.4 is 0 Å². The Balaban J connectivity index is 2.12. The summed E-state index contributed by atoms with van der Waals surface area (Å²) in [4.78, 5) is 11.3. The molecule has 0 aromatic heterocycles. The van der Waals surface area contributed by atoms with Crippen LogP contribution in [0.3, 0.4) is 0 Å². The lowest BCUT2D eigenvalue weighted by Gasteiger charge is -2.13. The van der Waals surface area contributed by atoms with Gasteiger partial charge in [0.25, 0.3) is 0 Å². The molecule has 19 heavy (non-hydrogen) atoms. The van der Waals surface area contributed by atoms with Gasteiger partial charge in [-0.25, -0.2) is 0 Å². The Hall–Kier alpha value is -2.09. The molecule has 2 heteroatoms. The van der Waals surface area contributed by atoms with Crippen molar-refractivity contribution in [1.82, 2.24) is 0 Å². The van der Waals surface area contributed by atoms with Crippen molar-refractivity contribution in [1.29, 1.82) is 0 Å². The highest BCUT2D eigenvalue weighted by Gasteiger charge is 2.10. The first-order chi connectivity index (χ1) is 9.20. The van der Waals surface area contributed by atoms with Gasteiger partial charge in [-0.3, -0.25) is 4.79 Å². The van der Waals surface area contributed by atoms with Crippen molar-refractivity contribution >= 4 is 5.97 Å². The van der Waals surface area contributed by atoms with Crippen LogP contribution in [-0.4, -0.2) is 5.97 Å². The summed E-state index contributed by atoms with van der Waals surface area (Å²) in [6, 6.07) is 18.3. The third kappa shape index (κ3) is 3.44. The van der Waals surface area contributed by atoms with E-state index in [1.807, 2.05) is 37.3 Å². The van der Waals surface area contributed by atoms with Gasteiger partial charge in [-0.05, 0) is 23.6 Å². The molecule has 0 aliphatic rings. The van der Waals surface area contributed by atoms with E-state index in [4.69, 9.17) is 4.74 Å². The fourth-order valence-electron chi connectivity index (χ4n) is 1.93. The average molecular weight is 254 g/mol. The molecule has 0 saturated carbocycles. The third-order valence-electron chi connectivity index (χ3n) is 3.08. The minimum Gasteiger partial charge on any atom is -0.458 e. The second-order valence-electron chi connectivity index (χ2n) is 4.47. The van der Waals surface area contributed by atoms with E-state index in [2.05, 4.69) is 24.3 Å². The Bertz CT molecular complexity index is 529. The zero-order valence-corrected chi connectivity index (χ0v) is 11.3. The topological polar surface area (TPSA) is 26.3 Å². The molecule has 2 rings (SSSR count). The Morgan fingerprint density at radius 2 is 1.58 bits per heavy atom. The molecule has 0 saturated heterocycles. The van der Waals surface area contributed by atoms with Crippen LogP contribution >= 0.6 is 0 Å². The van der Waals surface area contributed by atoms with Crippen LogP contribution in [0.2, 0.25) is 0 Å². The molecule has 2 aromatic rings. The first-order valence-corrected chi connectivity index (χ1v) is 6.55. The SMILES string of the molecule is CCC(=O)OC(C)c1ccc(-c2ccccc2)cc1. The summed E-state index contributed by atoms with van der Waals surface area (Å²) in [5.74, 6) is -0.167. The van der Waals surface area contributed by atoms with Crippen LogP contribution in [0.25, 0.3) is 11.1 Å². The van der Waals surface area contributed by atoms with Gasteiger partial charge in [0.05, 0.1) is 0 Å². The largest absolute Gasteiger partial charge is 0.458 e. The van der Waals surface area contributed by atoms with Gasteiger partial charge in [0, 0.05) is 6.42 Å². The maximum Gasteiger partial charge on any atom is 0.306 e. The molecule has 0 aliphatic heterocycles. The number of ether oxygens (including phenoxy) is 1. The first kappa shape index (κ1) is 13.3. The molecule has 0 fully saturated rings. The van der Waals surface area contributed by atoms with E-state index < -0.39 is 0 Å². The van der Waals surface area contributed by atoms with Crippen LogP contribution in [0.5, 0.6) is 0 Å². The Morgan fingerprint density at radius 1 is 1.00 bits per heavy atom. The molecule has 0 aliphatic carbocycles. The van der Waals surface area contributed by atoms with Gasteiger partial charge < -0.3 is 4.74 Å². The van der Waals surface area contributed by atoms with Gasteiger partial charge in [-0.1, -0.05) is 61.5 Å². The predicted octanol–water partition coefficient (Wildman–Crippen LogP) is 4.37. The second-order valence-corrected chi connectivity index (χ2v) is 4.47. The summed E-state index contributed by atoms with van der Waals surface area (Å²) in [5, 5.41) is 0. The Labute approximate surface area is 114 Å². The average Bonchev–Trinajstić information content (AvgIpc) is 2.48. The highest BCUT2D eigenvalue weighted by molar-refractivity contribution is 5.69. The van der Waals surface area contributed by atoms with E-state index in [1.54, 1.807) is 6.92 Å². The first-order valence-electron chi connectivity index (χ1n) is 6.55. The quantitative estimate of drug-likeness (QED) is 0.757. The van der Waals surface area contributed by atoms with Crippen LogP contribution in [-0.2, 0) is 9.53 Å². The Morgan fingerprint density at radius 3 is 2.16 bits per heavy atom. The van der Waals surface area contributed by atoms with Crippen molar-refractivity contribution < 1.29 is 9.53 Å². The van der Waals surface area contributed by atoms with Crippen LogP contribution in [0.15, 0.2) is 54.6 Å². The monoisotopic (exact) mass is 254 g/mol. The molecule has 1 unspecified atom stereocenters. The van der Waals surface area contributed by atoms with Gasteiger partial charge in [0.2, 0.25) is 0 Å². The number of carbonyl (C=O) groups is 1. The minimum absolute atomic E-state index is 0.167. The van der Waals surface area contributed by atoms with E-state index in [0.29, 0.717) is 6.42 Å². The number of rotatable bonds is 4. The molecule has 0 radical (unpaired) electrons. The highest BCUT2D eigenvalue weighted by atomic mass is 16.5. The van der Waals surface area contributed by atoms with E-state index in [9.17, 15) is 4.79 Å². The highest BCUT2D eigenvalue weighted by Crippen LogP contribution is 2.23. The van der Waals surface area contributed by atoms with Crippen molar-refractivity contribution in [3.05, 3.63) is 60.2 Å². The van der Waals surface area contributed by atoms with Gasteiger partial charge in [-0.15, -0.1) is 0 Å². The normalized spacial score (nSPS) is 11.9. The van der Waals surface area contributed by atoms with Crippen LogP contribution in [0, 0.1) is 0 Å². The molecule has 2 nitrogen and oxygen atoms in total. The molecule has 0 bridgehead atoms. The Kier molecular flexibility index (Phi) is 4.35. The van der Waals surface area contributed by atoms with Gasteiger partial charge >= 0.3 is 5.97 Å². The maximum absolute atomic E-state index is 11.3. The van der Waals surface area contributed by atoms with Crippen LogP contribution in [0.1, 0.15) is 31.9 Å². The van der Waals surface area contributed by atoms with E-state index in [-0.39, 0.29) is 12.1 Å². The molecular formula is C17H18O2. The maximum atomic E-state index is 11.3. The predicted molar refractivity (Wildman–Crippen MR) is 76.7 cm³/mol. The van der Waals surface area contributed by atoms with Gasteiger partial charge in [0.15, 0.2) is 0 Å². The fourth-order valence-corrected chi connectivity index (χ4v) is 1.93. The lowest BCUT2D eigenvalue weighted by atomic mass is 10.0. The van der Waals surface area contributed by atoms with Gasteiger partial charge in [-0.2, -0.15) is 0 Å². The molecule has 0 heterocycles. The lowest BCUT2D eigenvalue weighted by Crippen LogP contribution is -2.07. The number of esters is 1. The summed E-state index contributed by atoms with van der Waals surface area (Å²) in [5.41, 5.74) is 3.37. The minimum atomic E-state index is -0.197. The summed E-state index contributed by atoms with van der Waals surface area (Å²) in [6.45, 7) is 3.69.